The first-order valence-electron chi connectivity index (χ1n) is 8.07. The molecule has 0 spiro atoms. The average Bonchev–Trinajstić information content (AvgIpc) is 3.24. The van der Waals surface area contributed by atoms with Crippen molar-refractivity contribution >= 4 is 28.4 Å². The van der Waals surface area contributed by atoms with Crippen molar-refractivity contribution in [1.29, 1.82) is 0 Å². The Morgan fingerprint density at radius 3 is 3.04 bits per heavy atom. The lowest BCUT2D eigenvalue weighted by Crippen LogP contribution is -2.11. The van der Waals surface area contributed by atoms with Gasteiger partial charge in [0, 0.05) is 30.4 Å². The summed E-state index contributed by atoms with van der Waals surface area (Å²) in [5.41, 5.74) is 9.86. The Kier molecular flexibility index (Phi) is 5.39. The molecule has 6 heteroatoms. The normalized spacial score (nSPS) is 13.7. The van der Waals surface area contributed by atoms with Crippen LogP contribution in [0.25, 0.3) is 16.5 Å². The highest BCUT2D eigenvalue weighted by Crippen LogP contribution is 2.27. The molecule has 1 aromatic carbocycles. The molecule has 0 saturated heterocycles. The number of unbranched alkanes of at least 4 members (excludes halogenated alkanes) is 1. The molecule has 2 heterocycles. The van der Waals surface area contributed by atoms with Gasteiger partial charge in [-0.2, -0.15) is 5.10 Å². The van der Waals surface area contributed by atoms with Crippen molar-refractivity contribution in [2.24, 2.45) is 10.7 Å². The van der Waals surface area contributed by atoms with Crippen molar-refractivity contribution in [3.63, 3.8) is 0 Å². The lowest BCUT2D eigenvalue weighted by atomic mass is 10.0. The number of allylic oxidation sites excluding steroid dienone is 1. The second-order valence-corrected chi connectivity index (χ2v) is 5.54. The maximum atomic E-state index is 5.61. The maximum Gasteiger partial charge on any atom is 0.0677 e. The van der Waals surface area contributed by atoms with Gasteiger partial charge in [0.2, 0.25) is 0 Å². The summed E-state index contributed by atoms with van der Waals surface area (Å²) in [6.45, 7) is 3.70. The number of ether oxygens (including phenoxy) is 1. The smallest absolute Gasteiger partial charge is 0.0677 e. The van der Waals surface area contributed by atoms with Crippen LogP contribution in [0.2, 0.25) is 0 Å². The molecule has 0 radical (unpaired) electrons. The van der Waals surface area contributed by atoms with Crippen molar-refractivity contribution < 1.29 is 4.74 Å². The number of nitrogens with zero attached hydrogens (tertiary/aromatic N) is 2. The average molecular weight is 313 g/mol. The summed E-state index contributed by atoms with van der Waals surface area (Å²) >= 11 is 0. The van der Waals surface area contributed by atoms with Crippen LogP contribution in [-0.4, -0.2) is 49.3 Å². The summed E-state index contributed by atoms with van der Waals surface area (Å²) in [6.07, 6.45) is 7.93. The van der Waals surface area contributed by atoms with E-state index < -0.39 is 0 Å². The largest absolute Gasteiger partial charge is 0.382 e. The maximum absolute atomic E-state index is 5.61. The van der Waals surface area contributed by atoms with E-state index in [1.807, 2.05) is 12.4 Å². The molecule has 0 unspecified atom stereocenters. The fourth-order valence-electron chi connectivity index (χ4n) is 2.62. The molecular formula is C17H23N5O. The molecule has 1 aromatic heterocycles. The lowest BCUT2D eigenvalue weighted by molar-refractivity contribution is 0.140. The minimum atomic E-state index is 0.679. The van der Waals surface area contributed by atoms with Crippen LogP contribution in [0.3, 0.4) is 0 Å². The zero-order chi connectivity index (χ0) is 15.9. The first-order valence-corrected chi connectivity index (χ1v) is 8.07. The van der Waals surface area contributed by atoms with Gasteiger partial charge in [0.1, 0.15) is 0 Å². The van der Waals surface area contributed by atoms with Crippen LogP contribution >= 0.6 is 0 Å². The number of aromatic amines is 1. The fourth-order valence-corrected chi connectivity index (χ4v) is 2.62. The molecule has 0 bridgehead atoms. The van der Waals surface area contributed by atoms with Crippen LogP contribution in [0.5, 0.6) is 0 Å². The first kappa shape index (κ1) is 15.7. The van der Waals surface area contributed by atoms with E-state index in [0.29, 0.717) is 6.61 Å². The van der Waals surface area contributed by atoms with Crippen LogP contribution in [-0.2, 0) is 4.74 Å². The van der Waals surface area contributed by atoms with Crippen molar-refractivity contribution in [2.75, 3.05) is 38.2 Å². The number of benzene rings is 1. The Balaban J connectivity index is 1.62. The number of hydrogen-bond donors (Lipinski definition) is 3. The molecule has 3 rings (SSSR count). The molecule has 0 saturated carbocycles. The summed E-state index contributed by atoms with van der Waals surface area (Å²) in [5, 5.41) is 11.7. The van der Waals surface area contributed by atoms with E-state index in [0.717, 1.165) is 66.8 Å². The number of hydrogen-bond acceptors (Lipinski definition) is 5. The molecule has 0 amide bonds. The molecule has 1 aliphatic heterocycles. The van der Waals surface area contributed by atoms with Gasteiger partial charge in [-0.15, -0.1) is 0 Å². The minimum absolute atomic E-state index is 0.679. The minimum Gasteiger partial charge on any atom is -0.382 e. The highest BCUT2D eigenvalue weighted by Gasteiger charge is 2.09. The van der Waals surface area contributed by atoms with E-state index in [-0.39, 0.29) is 0 Å². The summed E-state index contributed by atoms with van der Waals surface area (Å²) in [5.74, 6) is 0. The Morgan fingerprint density at radius 2 is 2.22 bits per heavy atom. The van der Waals surface area contributed by atoms with Gasteiger partial charge < -0.3 is 15.8 Å². The Morgan fingerprint density at radius 1 is 1.26 bits per heavy atom. The van der Waals surface area contributed by atoms with Crippen LogP contribution in [0.15, 0.2) is 29.4 Å². The number of nitrogens with two attached hydrogens (primary N) is 1. The highest BCUT2D eigenvalue weighted by molar-refractivity contribution is 6.13. The monoisotopic (exact) mass is 313 g/mol. The van der Waals surface area contributed by atoms with E-state index in [1.165, 1.54) is 0 Å². The molecule has 0 aliphatic carbocycles. The molecule has 6 nitrogen and oxygen atoms in total. The molecule has 1 aliphatic rings. The molecule has 0 fully saturated rings. The van der Waals surface area contributed by atoms with Gasteiger partial charge in [-0.25, -0.2) is 0 Å². The summed E-state index contributed by atoms with van der Waals surface area (Å²) in [7, 11) is 0. The van der Waals surface area contributed by atoms with E-state index >= 15 is 0 Å². The highest BCUT2D eigenvalue weighted by atomic mass is 16.5. The van der Waals surface area contributed by atoms with Crippen LogP contribution in [0.1, 0.15) is 18.4 Å². The number of H-pyrrole nitrogens is 1. The number of aliphatic imine (C=N–C) groups is 1. The Bertz CT molecular complexity index is 704. The van der Waals surface area contributed by atoms with Crippen molar-refractivity contribution in [3.05, 3.63) is 30.0 Å². The van der Waals surface area contributed by atoms with Gasteiger partial charge in [-0.3, -0.25) is 10.1 Å². The fraction of sp³-hybridized carbons (Fsp3) is 0.412. The Labute approximate surface area is 135 Å². The van der Waals surface area contributed by atoms with Gasteiger partial charge in [0.25, 0.3) is 0 Å². The van der Waals surface area contributed by atoms with E-state index in [2.05, 4.69) is 38.7 Å². The number of fused-ring (bicyclic) bond motifs is 1. The van der Waals surface area contributed by atoms with Crippen molar-refractivity contribution in [2.45, 2.75) is 12.8 Å². The van der Waals surface area contributed by atoms with Gasteiger partial charge in [0.05, 0.1) is 24.9 Å². The molecule has 122 valence electrons. The van der Waals surface area contributed by atoms with E-state index in [4.69, 9.17) is 10.5 Å². The third-order valence-electron chi connectivity index (χ3n) is 3.84. The molecule has 2 aromatic rings. The predicted molar refractivity (Wildman–Crippen MR) is 95.0 cm³/mol. The first-order chi connectivity index (χ1) is 11.4. The quantitative estimate of drug-likeness (QED) is 0.619. The number of aromatic nitrogens is 2. The number of rotatable bonds is 9. The Hall–Kier alpha value is -2.18. The summed E-state index contributed by atoms with van der Waals surface area (Å²) < 4.78 is 5.61. The standard InChI is InChI=1S/C17H23N5O/c18-4-1-2-7-23-8-6-20-16-9-14(13-3-5-19-11-13)10-17-15(16)12-21-22-17/h3,9-12,20H,1-2,4-8,18H2,(H,21,22). The summed E-state index contributed by atoms with van der Waals surface area (Å²) in [4.78, 5) is 4.26. The van der Waals surface area contributed by atoms with Gasteiger partial charge in [0.15, 0.2) is 0 Å². The second-order valence-electron chi connectivity index (χ2n) is 5.54. The van der Waals surface area contributed by atoms with Gasteiger partial charge >= 0.3 is 0 Å². The van der Waals surface area contributed by atoms with Crippen LogP contribution in [0, 0.1) is 0 Å². The van der Waals surface area contributed by atoms with Gasteiger partial charge in [-0.1, -0.05) is 6.08 Å². The SMILES string of the molecule is NCCCCOCCNc1cc(C2=CCN=C2)cc2[nH]ncc12. The third-order valence-corrected chi connectivity index (χ3v) is 3.84. The third kappa shape index (κ3) is 3.97. The predicted octanol–water partition coefficient (Wildman–Crippen LogP) is 2.20. The lowest BCUT2D eigenvalue weighted by Gasteiger charge is -2.10. The zero-order valence-electron chi connectivity index (χ0n) is 13.2. The topological polar surface area (TPSA) is 88.3 Å². The van der Waals surface area contributed by atoms with Crippen LogP contribution < -0.4 is 11.1 Å². The van der Waals surface area contributed by atoms with Crippen LogP contribution in [0.4, 0.5) is 5.69 Å². The van der Waals surface area contributed by atoms with E-state index in [1.54, 1.807) is 0 Å². The molecule has 0 atom stereocenters. The number of anilines is 1. The van der Waals surface area contributed by atoms with Gasteiger partial charge in [-0.05, 0) is 42.7 Å². The van der Waals surface area contributed by atoms with Crippen molar-refractivity contribution in [3.8, 4) is 0 Å². The van der Waals surface area contributed by atoms with E-state index in [9.17, 15) is 0 Å². The van der Waals surface area contributed by atoms with Crippen molar-refractivity contribution in [1.82, 2.24) is 10.2 Å². The molecule has 23 heavy (non-hydrogen) atoms. The number of nitrogens with one attached hydrogen (secondary N) is 2. The second kappa shape index (κ2) is 7.89. The zero-order valence-corrected chi connectivity index (χ0v) is 13.2. The molecule has 4 N–H and O–H groups in total. The summed E-state index contributed by atoms with van der Waals surface area (Å²) in [6, 6.07) is 4.26. The molecular weight excluding hydrogens is 290 g/mol.